The molecule has 1 fully saturated rings. The van der Waals surface area contributed by atoms with Crippen molar-refractivity contribution in [2.75, 3.05) is 6.54 Å². The molecule has 1 atom stereocenters. The summed E-state index contributed by atoms with van der Waals surface area (Å²) in [6.45, 7) is 8.10. The minimum absolute atomic E-state index is 0.00185. The van der Waals surface area contributed by atoms with Gasteiger partial charge < -0.3 is 10.0 Å². The number of rotatable bonds is 6. The smallest absolute Gasteiger partial charge is 0.310 e. The molecule has 0 aromatic heterocycles. The van der Waals surface area contributed by atoms with Crippen molar-refractivity contribution < 1.29 is 14.7 Å². The summed E-state index contributed by atoms with van der Waals surface area (Å²) in [5, 5.41) is 9.45. The fraction of sp³-hybridized carbons (Fsp3) is 0.875. The highest BCUT2D eigenvalue weighted by molar-refractivity contribution is 5.85. The van der Waals surface area contributed by atoms with E-state index in [4.69, 9.17) is 0 Å². The monoisotopic (exact) mass is 283 g/mol. The number of aliphatic carboxylic acids is 1. The molecule has 1 N–H and O–H groups in total. The second-order valence-corrected chi connectivity index (χ2v) is 6.53. The number of carbonyl (C=O) groups excluding carboxylic acids is 1. The van der Waals surface area contributed by atoms with Gasteiger partial charge in [0.2, 0.25) is 5.91 Å². The van der Waals surface area contributed by atoms with Crippen LogP contribution in [0.15, 0.2) is 0 Å². The van der Waals surface area contributed by atoms with Crippen molar-refractivity contribution >= 4 is 11.9 Å². The van der Waals surface area contributed by atoms with Gasteiger partial charge in [0.1, 0.15) is 0 Å². The van der Waals surface area contributed by atoms with Crippen LogP contribution < -0.4 is 0 Å². The zero-order chi connectivity index (χ0) is 15.3. The zero-order valence-corrected chi connectivity index (χ0v) is 13.3. The van der Waals surface area contributed by atoms with E-state index in [0.29, 0.717) is 12.6 Å². The van der Waals surface area contributed by atoms with Gasteiger partial charge in [0.05, 0.1) is 5.41 Å². The number of carboxylic acid groups (broad SMARTS) is 1. The van der Waals surface area contributed by atoms with E-state index in [1.165, 1.54) is 19.3 Å². The molecule has 4 nitrogen and oxygen atoms in total. The molecular formula is C16H29NO3. The molecule has 1 aliphatic carbocycles. The maximum absolute atomic E-state index is 12.6. The van der Waals surface area contributed by atoms with Crippen molar-refractivity contribution in [1.82, 2.24) is 4.90 Å². The number of hydrogen-bond acceptors (Lipinski definition) is 2. The first kappa shape index (κ1) is 17.0. The van der Waals surface area contributed by atoms with E-state index in [-0.39, 0.29) is 18.2 Å². The number of hydrogen-bond donors (Lipinski definition) is 1. The number of carboxylic acids is 1. The fourth-order valence-electron chi connectivity index (χ4n) is 2.97. The molecule has 1 unspecified atom stereocenters. The Kier molecular flexibility index (Phi) is 6.03. The Morgan fingerprint density at radius 1 is 1.25 bits per heavy atom. The molecule has 0 aromatic rings. The molecule has 1 amide bonds. The van der Waals surface area contributed by atoms with Gasteiger partial charge in [0.25, 0.3) is 0 Å². The molecule has 0 saturated heterocycles. The summed E-state index contributed by atoms with van der Waals surface area (Å²) in [4.78, 5) is 26.0. The van der Waals surface area contributed by atoms with Gasteiger partial charge in [0, 0.05) is 19.0 Å². The van der Waals surface area contributed by atoms with E-state index in [0.717, 1.165) is 12.8 Å². The van der Waals surface area contributed by atoms with E-state index in [2.05, 4.69) is 0 Å². The van der Waals surface area contributed by atoms with Crippen molar-refractivity contribution in [3.8, 4) is 0 Å². The van der Waals surface area contributed by atoms with Crippen LogP contribution in [0.4, 0.5) is 0 Å². The van der Waals surface area contributed by atoms with Crippen LogP contribution in [0.2, 0.25) is 0 Å². The molecule has 0 aromatic carbocycles. The molecule has 0 spiro atoms. The second-order valence-electron chi connectivity index (χ2n) is 6.53. The number of amides is 1. The summed E-state index contributed by atoms with van der Waals surface area (Å²) in [6, 6.07) is 0.312. The van der Waals surface area contributed by atoms with Crippen molar-refractivity contribution in [2.45, 2.75) is 72.3 Å². The van der Waals surface area contributed by atoms with Gasteiger partial charge in [-0.05, 0) is 32.6 Å². The molecule has 1 aliphatic rings. The van der Waals surface area contributed by atoms with Gasteiger partial charge in [-0.15, -0.1) is 0 Å². The molecule has 1 rings (SSSR count). The molecule has 1 saturated carbocycles. The molecule has 0 bridgehead atoms. The molecule has 0 radical (unpaired) electrons. The Bertz CT molecular complexity index is 348. The van der Waals surface area contributed by atoms with Crippen LogP contribution in [0, 0.1) is 11.3 Å². The molecule has 20 heavy (non-hydrogen) atoms. The largest absolute Gasteiger partial charge is 0.481 e. The Balaban J connectivity index is 2.78. The van der Waals surface area contributed by atoms with Crippen molar-refractivity contribution in [1.29, 1.82) is 0 Å². The normalized spacial score (nSPS) is 19.6. The average molecular weight is 283 g/mol. The van der Waals surface area contributed by atoms with Gasteiger partial charge in [-0.3, -0.25) is 9.59 Å². The number of nitrogens with zero attached hydrogens (tertiary/aromatic N) is 1. The van der Waals surface area contributed by atoms with Crippen LogP contribution in [-0.4, -0.2) is 34.5 Å². The molecule has 0 heterocycles. The first-order chi connectivity index (χ1) is 9.32. The van der Waals surface area contributed by atoms with Crippen LogP contribution in [-0.2, 0) is 9.59 Å². The second kappa shape index (κ2) is 7.09. The van der Waals surface area contributed by atoms with Gasteiger partial charge in [-0.2, -0.15) is 0 Å². The van der Waals surface area contributed by atoms with Crippen LogP contribution in [0.25, 0.3) is 0 Å². The van der Waals surface area contributed by atoms with Gasteiger partial charge >= 0.3 is 5.97 Å². The standard InChI is InChI=1S/C16H29NO3/c1-5-17(13-9-7-6-8-10-13)14(18)11-16(4,12(2)3)15(19)20/h12-13H,5-11H2,1-4H3,(H,19,20). The summed E-state index contributed by atoms with van der Waals surface area (Å²) >= 11 is 0. The summed E-state index contributed by atoms with van der Waals surface area (Å²) in [5.74, 6) is -0.937. The summed E-state index contributed by atoms with van der Waals surface area (Å²) in [5.41, 5.74) is -0.973. The van der Waals surface area contributed by atoms with Crippen molar-refractivity contribution in [3.63, 3.8) is 0 Å². The van der Waals surface area contributed by atoms with Crippen LogP contribution in [0.1, 0.15) is 66.2 Å². The third kappa shape index (κ3) is 3.74. The van der Waals surface area contributed by atoms with Gasteiger partial charge in [-0.25, -0.2) is 0 Å². The van der Waals surface area contributed by atoms with Crippen LogP contribution >= 0.6 is 0 Å². The van der Waals surface area contributed by atoms with Crippen LogP contribution in [0.3, 0.4) is 0 Å². The quantitative estimate of drug-likeness (QED) is 0.813. The lowest BCUT2D eigenvalue weighted by atomic mass is 9.76. The van der Waals surface area contributed by atoms with Crippen LogP contribution in [0.5, 0.6) is 0 Å². The summed E-state index contributed by atoms with van der Waals surface area (Å²) in [6.07, 6.45) is 5.82. The molecule has 4 heteroatoms. The maximum atomic E-state index is 12.6. The van der Waals surface area contributed by atoms with E-state index in [1.807, 2.05) is 25.7 Å². The average Bonchev–Trinajstić information content (AvgIpc) is 2.40. The van der Waals surface area contributed by atoms with E-state index < -0.39 is 11.4 Å². The first-order valence-corrected chi connectivity index (χ1v) is 7.85. The predicted molar refractivity (Wildman–Crippen MR) is 79.5 cm³/mol. The molecule has 0 aliphatic heterocycles. The van der Waals surface area contributed by atoms with E-state index >= 15 is 0 Å². The third-order valence-electron chi connectivity index (χ3n) is 4.96. The molecular weight excluding hydrogens is 254 g/mol. The van der Waals surface area contributed by atoms with Crippen molar-refractivity contribution in [3.05, 3.63) is 0 Å². The topological polar surface area (TPSA) is 57.6 Å². The Morgan fingerprint density at radius 2 is 1.80 bits per heavy atom. The van der Waals surface area contributed by atoms with E-state index in [1.54, 1.807) is 6.92 Å². The Hall–Kier alpha value is -1.06. The molecule has 116 valence electrons. The highest BCUT2D eigenvalue weighted by Crippen LogP contribution is 2.33. The lowest BCUT2D eigenvalue weighted by Crippen LogP contribution is -2.45. The number of carbonyl (C=O) groups is 2. The summed E-state index contributed by atoms with van der Waals surface area (Å²) in [7, 11) is 0. The van der Waals surface area contributed by atoms with E-state index in [9.17, 15) is 14.7 Å². The van der Waals surface area contributed by atoms with Gasteiger partial charge in [0.15, 0.2) is 0 Å². The SMILES string of the molecule is CCN(C(=O)CC(C)(C(=O)O)C(C)C)C1CCCCC1. The predicted octanol–water partition coefficient (Wildman–Crippen LogP) is 3.30. The van der Waals surface area contributed by atoms with Gasteiger partial charge in [-0.1, -0.05) is 33.1 Å². The third-order valence-corrected chi connectivity index (χ3v) is 4.96. The minimum atomic E-state index is -0.973. The minimum Gasteiger partial charge on any atom is -0.481 e. The van der Waals surface area contributed by atoms with Crippen molar-refractivity contribution in [2.24, 2.45) is 11.3 Å². The highest BCUT2D eigenvalue weighted by Gasteiger charge is 2.40. The highest BCUT2D eigenvalue weighted by atomic mass is 16.4. The fourth-order valence-corrected chi connectivity index (χ4v) is 2.97. The Morgan fingerprint density at radius 3 is 2.20 bits per heavy atom. The lowest BCUT2D eigenvalue weighted by Gasteiger charge is -2.37. The Labute approximate surface area is 122 Å². The summed E-state index contributed by atoms with van der Waals surface area (Å²) < 4.78 is 0. The zero-order valence-electron chi connectivity index (χ0n) is 13.3. The first-order valence-electron chi connectivity index (χ1n) is 7.85. The lowest BCUT2D eigenvalue weighted by molar-refractivity contribution is -0.156. The maximum Gasteiger partial charge on any atom is 0.310 e.